The largest absolute Gasteiger partial charge is 0.493 e. The van der Waals surface area contributed by atoms with Crippen LogP contribution in [0.25, 0.3) is 22.3 Å². The molecule has 1 amide bonds. The van der Waals surface area contributed by atoms with Gasteiger partial charge in [0.05, 0.1) is 20.6 Å². The normalized spacial score (nSPS) is 14.1. The summed E-state index contributed by atoms with van der Waals surface area (Å²) in [6.45, 7) is 2.81. The molecule has 1 fully saturated rings. The maximum absolute atomic E-state index is 13.1. The molecule has 3 aromatic carbocycles. The monoisotopic (exact) mass is 534 g/mol. The van der Waals surface area contributed by atoms with E-state index in [-0.39, 0.29) is 23.0 Å². The van der Waals surface area contributed by atoms with Crippen molar-refractivity contribution in [2.24, 2.45) is 0 Å². The number of piperazine rings is 1. The first kappa shape index (κ1) is 25.7. The summed E-state index contributed by atoms with van der Waals surface area (Å²) >= 11 is 0. The zero-order valence-electron chi connectivity index (χ0n) is 21.6. The lowest BCUT2D eigenvalue weighted by Gasteiger charge is -2.36. The molecule has 2 heterocycles. The van der Waals surface area contributed by atoms with E-state index in [1.807, 2.05) is 29.2 Å². The minimum atomic E-state index is -3.67. The van der Waals surface area contributed by atoms with Crippen molar-refractivity contribution >= 4 is 32.4 Å². The highest BCUT2D eigenvalue weighted by Gasteiger charge is 2.26. The second-order valence-electron chi connectivity index (χ2n) is 9.31. The molecule has 0 aliphatic carbocycles. The van der Waals surface area contributed by atoms with Gasteiger partial charge < -0.3 is 23.7 Å². The fourth-order valence-corrected chi connectivity index (χ4v) is 5.96. The number of nitrogens with zero attached hydrogens (tertiary/aromatic N) is 2. The fraction of sp³-hybridized carbons (Fsp3) is 0.276. The third-order valence-corrected chi connectivity index (χ3v) is 7.98. The molecular formula is C29H30N2O6S. The highest BCUT2D eigenvalue weighted by Crippen LogP contribution is 2.40. The average molecular weight is 535 g/mol. The predicted molar refractivity (Wildman–Crippen MR) is 147 cm³/mol. The molecule has 38 heavy (non-hydrogen) atoms. The highest BCUT2D eigenvalue weighted by molar-refractivity contribution is 7.91. The molecule has 1 saturated heterocycles. The number of sulfone groups is 1. The van der Waals surface area contributed by atoms with Crippen molar-refractivity contribution in [3.8, 4) is 22.8 Å². The SMILES string of the molecule is COc1ccc(-c2oc3ccc(CC(=O)N4CCN(c5ccccc5)CC4)cc3c2S(C)(=O)=O)cc1OC. The lowest BCUT2D eigenvalue weighted by atomic mass is 10.1. The topological polar surface area (TPSA) is 89.3 Å². The Kier molecular flexibility index (Phi) is 7.03. The van der Waals surface area contributed by atoms with Crippen LogP contribution in [0.15, 0.2) is 76.0 Å². The van der Waals surface area contributed by atoms with Crippen molar-refractivity contribution < 1.29 is 27.1 Å². The second kappa shape index (κ2) is 10.4. The quantitative estimate of drug-likeness (QED) is 0.347. The van der Waals surface area contributed by atoms with Crippen LogP contribution in [0.1, 0.15) is 5.56 Å². The molecule has 1 aliphatic rings. The number of carbonyl (C=O) groups is 1. The van der Waals surface area contributed by atoms with Crippen molar-refractivity contribution in [2.75, 3.05) is 51.6 Å². The Morgan fingerprint density at radius 3 is 2.26 bits per heavy atom. The van der Waals surface area contributed by atoms with Gasteiger partial charge in [-0.15, -0.1) is 0 Å². The van der Waals surface area contributed by atoms with Crippen LogP contribution < -0.4 is 14.4 Å². The van der Waals surface area contributed by atoms with E-state index in [9.17, 15) is 13.2 Å². The molecule has 0 atom stereocenters. The Labute approximate surface area is 222 Å². The van der Waals surface area contributed by atoms with Gasteiger partial charge in [0.25, 0.3) is 0 Å². The Morgan fingerprint density at radius 2 is 1.61 bits per heavy atom. The van der Waals surface area contributed by atoms with Crippen LogP contribution >= 0.6 is 0 Å². The zero-order chi connectivity index (χ0) is 26.9. The summed E-state index contributed by atoms with van der Waals surface area (Å²) in [5, 5.41) is 0.455. The van der Waals surface area contributed by atoms with Gasteiger partial charge in [-0.05, 0) is 48.0 Å². The predicted octanol–water partition coefficient (Wildman–Crippen LogP) is 4.41. The summed E-state index contributed by atoms with van der Waals surface area (Å²) < 4.78 is 42.6. The highest BCUT2D eigenvalue weighted by atomic mass is 32.2. The summed E-state index contributed by atoms with van der Waals surface area (Å²) in [7, 11) is -0.614. The smallest absolute Gasteiger partial charge is 0.227 e. The minimum absolute atomic E-state index is 0.0153. The van der Waals surface area contributed by atoms with Gasteiger partial charge in [-0.2, -0.15) is 0 Å². The second-order valence-corrected chi connectivity index (χ2v) is 11.3. The van der Waals surface area contributed by atoms with E-state index in [0.717, 1.165) is 30.6 Å². The number of fused-ring (bicyclic) bond motifs is 1. The lowest BCUT2D eigenvalue weighted by molar-refractivity contribution is -0.130. The molecule has 0 bridgehead atoms. The van der Waals surface area contributed by atoms with Crippen molar-refractivity contribution in [3.05, 3.63) is 72.3 Å². The third-order valence-electron chi connectivity index (χ3n) is 6.83. The van der Waals surface area contributed by atoms with Gasteiger partial charge in [-0.25, -0.2) is 8.42 Å². The molecule has 1 aliphatic heterocycles. The minimum Gasteiger partial charge on any atom is -0.493 e. The van der Waals surface area contributed by atoms with Gasteiger partial charge in [0.1, 0.15) is 10.5 Å². The van der Waals surface area contributed by atoms with Crippen molar-refractivity contribution in [1.82, 2.24) is 4.90 Å². The summed E-state index contributed by atoms with van der Waals surface area (Å²) in [6.07, 6.45) is 1.34. The molecule has 0 radical (unpaired) electrons. The van der Waals surface area contributed by atoms with E-state index < -0.39 is 9.84 Å². The summed E-state index contributed by atoms with van der Waals surface area (Å²) in [5.74, 6) is 1.23. The van der Waals surface area contributed by atoms with Gasteiger partial charge in [0, 0.05) is 49.1 Å². The number of anilines is 1. The van der Waals surface area contributed by atoms with E-state index in [0.29, 0.717) is 41.1 Å². The zero-order valence-corrected chi connectivity index (χ0v) is 22.5. The Balaban J connectivity index is 1.40. The first-order valence-electron chi connectivity index (χ1n) is 12.3. The number of hydrogen-bond donors (Lipinski definition) is 0. The van der Waals surface area contributed by atoms with Crippen LogP contribution in [0.4, 0.5) is 5.69 Å². The first-order chi connectivity index (χ1) is 18.3. The molecule has 4 aromatic rings. The summed E-state index contributed by atoms with van der Waals surface area (Å²) in [4.78, 5) is 17.4. The Morgan fingerprint density at radius 1 is 0.895 bits per heavy atom. The van der Waals surface area contributed by atoms with Crippen LogP contribution in [0, 0.1) is 0 Å². The van der Waals surface area contributed by atoms with Gasteiger partial charge >= 0.3 is 0 Å². The maximum atomic E-state index is 13.1. The molecule has 0 spiro atoms. The summed E-state index contributed by atoms with van der Waals surface area (Å²) in [6, 6.07) is 20.6. The molecule has 0 unspecified atom stereocenters. The fourth-order valence-electron chi connectivity index (χ4n) is 4.91. The number of carbonyl (C=O) groups excluding carboxylic acids is 1. The number of ether oxygens (including phenoxy) is 2. The van der Waals surface area contributed by atoms with E-state index in [4.69, 9.17) is 13.9 Å². The molecule has 8 nitrogen and oxygen atoms in total. The van der Waals surface area contributed by atoms with E-state index >= 15 is 0 Å². The number of rotatable bonds is 7. The number of amides is 1. The van der Waals surface area contributed by atoms with Crippen LogP contribution in [0.2, 0.25) is 0 Å². The van der Waals surface area contributed by atoms with Gasteiger partial charge in [0.2, 0.25) is 5.91 Å². The van der Waals surface area contributed by atoms with Crippen LogP contribution in [-0.2, 0) is 21.1 Å². The number of methoxy groups -OCH3 is 2. The Bertz CT molecular complexity index is 1570. The van der Waals surface area contributed by atoms with E-state index in [1.165, 1.54) is 14.2 Å². The van der Waals surface area contributed by atoms with Crippen LogP contribution in [0.3, 0.4) is 0 Å². The summed E-state index contributed by atoms with van der Waals surface area (Å²) in [5.41, 5.74) is 2.87. The number of furan rings is 1. The van der Waals surface area contributed by atoms with Gasteiger partial charge in [0.15, 0.2) is 27.1 Å². The van der Waals surface area contributed by atoms with Crippen molar-refractivity contribution in [3.63, 3.8) is 0 Å². The molecular weight excluding hydrogens is 504 g/mol. The van der Waals surface area contributed by atoms with Crippen molar-refractivity contribution in [2.45, 2.75) is 11.3 Å². The van der Waals surface area contributed by atoms with Crippen molar-refractivity contribution in [1.29, 1.82) is 0 Å². The molecule has 0 N–H and O–H groups in total. The van der Waals surface area contributed by atoms with Gasteiger partial charge in [-0.1, -0.05) is 24.3 Å². The Hall–Kier alpha value is -3.98. The van der Waals surface area contributed by atoms with E-state index in [2.05, 4.69) is 17.0 Å². The maximum Gasteiger partial charge on any atom is 0.227 e. The van der Waals surface area contributed by atoms with Crippen LogP contribution in [0.5, 0.6) is 11.5 Å². The van der Waals surface area contributed by atoms with Crippen LogP contribution in [-0.4, -0.2) is 65.9 Å². The first-order valence-corrected chi connectivity index (χ1v) is 14.2. The number of para-hydroxylation sites is 1. The molecule has 5 rings (SSSR count). The standard InChI is InChI=1S/C29H30N2O6S/c1-35-25-12-10-21(19-26(25)36-2)28-29(38(3,33)34)23-17-20(9-11-24(23)37-28)18-27(32)31-15-13-30(14-16-31)22-7-5-4-6-8-22/h4-12,17,19H,13-16,18H2,1-3H3. The molecule has 1 aromatic heterocycles. The number of hydrogen-bond acceptors (Lipinski definition) is 7. The molecule has 9 heteroatoms. The third kappa shape index (κ3) is 5.06. The number of benzene rings is 3. The average Bonchev–Trinajstić information content (AvgIpc) is 3.33. The molecule has 198 valence electrons. The lowest BCUT2D eigenvalue weighted by Crippen LogP contribution is -2.49. The van der Waals surface area contributed by atoms with E-state index in [1.54, 1.807) is 30.3 Å². The van der Waals surface area contributed by atoms with Gasteiger partial charge in [-0.3, -0.25) is 4.79 Å². The molecule has 0 saturated carbocycles.